The second kappa shape index (κ2) is 4.22. The summed E-state index contributed by atoms with van der Waals surface area (Å²) in [5.74, 6) is 0. The molecule has 2 nitrogen and oxygen atoms in total. The minimum absolute atomic E-state index is 0.229. The van der Waals surface area contributed by atoms with Crippen LogP contribution < -0.4 is 0 Å². The third-order valence-electron chi connectivity index (χ3n) is 2.17. The van der Waals surface area contributed by atoms with Crippen LogP contribution in [0.25, 0.3) is 10.8 Å². The third-order valence-corrected chi connectivity index (χ3v) is 2.17. The Balaban J connectivity index is 2.32. The molecule has 2 aromatic rings. The van der Waals surface area contributed by atoms with E-state index in [0.29, 0.717) is 6.61 Å². The maximum absolute atomic E-state index is 8.52. The highest BCUT2D eigenvalue weighted by molar-refractivity contribution is 5.82. The number of aliphatic hydroxyl groups excluding tert-OH is 1. The number of ether oxygens (including phenoxy) is 1. The summed E-state index contributed by atoms with van der Waals surface area (Å²) in [5, 5.41) is 10.9. The molecule has 2 heteroatoms. The molecule has 14 heavy (non-hydrogen) atoms. The van der Waals surface area contributed by atoms with E-state index in [0.717, 1.165) is 5.56 Å². The molecule has 0 aromatic heterocycles. The average Bonchev–Trinajstić information content (AvgIpc) is 2.26. The van der Waals surface area contributed by atoms with Gasteiger partial charge in [-0.15, -0.1) is 0 Å². The van der Waals surface area contributed by atoms with Crippen LogP contribution in [-0.4, -0.2) is 11.9 Å². The molecular weight excluding hydrogens is 176 g/mol. The molecule has 0 unspecified atom stereocenters. The lowest BCUT2D eigenvalue weighted by Gasteiger charge is -2.03. The van der Waals surface area contributed by atoms with E-state index in [1.807, 2.05) is 18.2 Å². The number of benzene rings is 2. The van der Waals surface area contributed by atoms with Crippen molar-refractivity contribution in [3.8, 4) is 0 Å². The summed E-state index contributed by atoms with van der Waals surface area (Å²) in [4.78, 5) is 0. The Morgan fingerprint density at radius 1 is 1.00 bits per heavy atom. The number of rotatable bonds is 3. The maximum atomic E-state index is 8.52. The predicted octanol–water partition coefficient (Wildman–Crippen LogP) is 2.31. The molecule has 72 valence electrons. The summed E-state index contributed by atoms with van der Waals surface area (Å²) in [6.07, 6.45) is 0. The van der Waals surface area contributed by atoms with E-state index >= 15 is 0 Å². The van der Waals surface area contributed by atoms with Crippen LogP contribution in [0.15, 0.2) is 42.5 Å². The van der Waals surface area contributed by atoms with E-state index in [4.69, 9.17) is 9.84 Å². The van der Waals surface area contributed by atoms with E-state index in [1.54, 1.807) is 0 Å². The summed E-state index contributed by atoms with van der Waals surface area (Å²) in [6.45, 7) is 0.230. The van der Waals surface area contributed by atoms with Crippen LogP contribution in [0, 0.1) is 0 Å². The normalized spacial score (nSPS) is 10.6. The Morgan fingerprint density at radius 3 is 2.57 bits per heavy atom. The van der Waals surface area contributed by atoms with Crippen molar-refractivity contribution in [3.05, 3.63) is 48.0 Å². The molecule has 0 heterocycles. The lowest BCUT2D eigenvalue weighted by molar-refractivity contribution is -0.0112. The summed E-state index contributed by atoms with van der Waals surface area (Å²) in [7, 11) is 0. The molecule has 0 aliphatic heterocycles. The smallest absolute Gasteiger partial charge is 0.144 e. The Morgan fingerprint density at radius 2 is 1.79 bits per heavy atom. The highest BCUT2D eigenvalue weighted by Gasteiger charge is 1.95. The van der Waals surface area contributed by atoms with Gasteiger partial charge < -0.3 is 9.84 Å². The zero-order valence-electron chi connectivity index (χ0n) is 7.81. The second-order valence-corrected chi connectivity index (χ2v) is 3.16. The minimum Gasteiger partial charge on any atom is -0.371 e. The van der Waals surface area contributed by atoms with E-state index in [9.17, 15) is 0 Å². The first kappa shape index (κ1) is 9.19. The fraction of sp³-hybridized carbons (Fsp3) is 0.167. The first-order valence-electron chi connectivity index (χ1n) is 4.56. The number of hydrogen-bond donors (Lipinski definition) is 1. The van der Waals surface area contributed by atoms with Crippen LogP contribution in [0.1, 0.15) is 5.56 Å². The van der Waals surface area contributed by atoms with Gasteiger partial charge in [0.25, 0.3) is 0 Å². The standard InChI is InChI=1S/C12H12O2/c13-9-14-8-10-5-6-11-3-1-2-4-12(11)7-10/h1-7,13H,8-9H2. The molecule has 0 aliphatic carbocycles. The van der Waals surface area contributed by atoms with Crippen LogP contribution in [-0.2, 0) is 11.3 Å². The lowest BCUT2D eigenvalue weighted by atomic mass is 10.1. The van der Waals surface area contributed by atoms with Crippen LogP contribution in [0.5, 0.6) is 0 Å². The maximum Gasteiger partial charge on any atom is 0.144 e. The predicted molar refractivity (Wildman–Crippen MR) is 55.8 cm³/mol. The second-order valence-electron chi connectivity index (χ2n) is 3.16. The van der Waals surface area contributed by atoms with Crippen molar-refractivity contribution in [2.24, 2.45) is 0 Å². The SMILES string of the molecule is OCOCc1ccc2ccccc2c1. The van der Waals surface area contributed by atoms with E-state index in [-0.39, 0.29) is 6.79 Å². The van der Waals surface area contributed by atoms with Crippen LogP contribution in [0.2, 0.25) is 0 Å². The topological polar surface area (TPSA) is 29.5 Å². The van der Waals surface area contributed by atoms with Gasteiger partial charge >= 0.3 is 0 Å². The molecule has 0 atom stereocenters. The van der Waals surface area contributed by atoms with Gasteiger partial charge in [0.2, 0.25) is 0 Å². The van der Waals surface area contributed by atoms with Crippen molar-refractivity contribution >= 4 is 10.8 Å². The van der Waals surface area contributed by atoms with Gasteiger partial charge in [0.15, 0.2) is 0 Å². The molecule has 0 amide bonds. The summed E-state index contributed by atoms with van der Waals surface area (Å²) >= 11 is 0. The minimum atomic E-state index is -0.229. The van der Waals surface area contributed by atoms with Crippen LogP contribution in [0.4, 0.5) is 0 Å². The largest absolute Gasteiger partial charge is 0.371 e. The highest BCUT2D eigenvalue weighted by atomic mass is 16.6. The number of fused-ring (bicyclic) bond motifs is 1. The zero-order valence-corrected chi connectivity index (χ0v) is 7.81. The molecule has 0 spiro atoms. The van der Waals surface area contributed by atoms with Crippen molar-refractivity contribution in [2.75, 3.05) is 6.79 Å². The monoisotopic (exact) mass is 188 g/mol. The third kappa shape index (κ3) is 1.92. The van der Waals surface area contributed by atoms with Gasteiger partial charge in [-0.3, -0.25) is 0 Å². The van der Waals surface area contributed by atoms with E-state index in [2.05, 4.69) is 24.3 Å². The Labute approximate surface area is 82.8 Å². The molecule has 0 radical (unpaired) electrons. The highest BCUT2D eigenvalue weighted by Crippen LogP contribution is 2.15. The fourth-order valence-corrected chi connectivity index (χ4v) is 1.49. The summed E-state index contributed by atoms with van der Waals surface area (Å²) < 4.78 is 4.92. The average molecular weight is 188 g/mol. The molecule has 0 aliphatic rings. The molecule has 2 rings (SSSR count). The molecule has 1 N–H and O–H groups in total. The van der Waals surface area contributed by atoms with Crippen molar-refractivity contribution in [3.63, 3.8) is 0 Å². The first-order valence-corrected chi connectivity index (χ1v) is 4.56. The molecule has 2 aromatic carbocycles. The van der Waals surface area contributed by atoms with Gasteiger partial charge in [-0.2, -0.15) is 0 Å². The van der Waals surface area contributed by atoms with E-state index < -0.39 is 0 Å². The molecule has 0 saturated heterocycles. The summed E-state index contributed by atoms with van der Waals surface area (Å²) in [5.41, 5.74) is 1.08. The Bertz CT molecular complexity index is 423. The Kier molecular flexibility index (Phi) is 2.77. The van der Waals surface area contributed by atoms with Crippen molar-refractivity contribution in [1.82, 2.24) is 0 Å². The molecule has 0 bridgehead atoms. The molecule has 0 saturated carbocycles. The number of aliphatic hydroxyl groups is 1. The fourth-order valence-electron chi connectivity index (χ4n) is 1.49. The zero-order chi connectivity index (χ0) is 9.80. The number of hydrogen-bond acceptors (Lipinski definition) is 2. The quantitative estimate of drug-likeness (QED) is 0.749. The van der Waals surface area contributed by atoms with Gasteiger partial charge in [0, 0.05) is 0 Å². The van der Waals surface area contributed by atoms with Crippen molar-refractivity contribution in [1.29, 1.82) is 0 Å². The van der Waals surface area contributed by atoms with Crippen molar-refractivity contribution in [2.45, 2.75) is 6.61 Å². The van der Waals surface area contributed by atoms with Gasteiger partial charge in [-0.1, -0.05) is 36.4 Å². The molecule has 0 fully saturated rings. The van der Waals surface area contributed by atoms with Crippen LogP contribution in [0.3, 0.4) is 0 Å². The van der Waals surface area contributed by atoms with Gasteiger partial charge in [0.05, 0.1) is 6.61 Å². The molecular formula is C12H12O2. The van der Waals surface area contributed by atoms with E-state index in [1.165, 1.54) is 10.8 Å². The first-order chi connectivity index (χ1) is 6.90. The van der Waals surface area contributed by atoms with Crippen LogP contribution >= 0.6 is 0 Å². The van der Waals surface area contributed by atoms with Gasteiger partial charge in [-0.25, -0.2) is 0 Å². The summed E-state index contributed by atoms with van der Waals surface area (Å²) in [6, 6.07) is 14.3. The lowest BCUT2D eigenvalue weighted by Crippen LogP contribution is -1.93. The van der Waals surface area contributed by atoms with Gasteiger partial charge in [-0.05, 0) is 22.4 Å². The van der Waals surface area contributed by atoms with Gasteiger partial charge in [0.1, 0.15) is 6.79 Å². The Hall–Kier alpha value is -1.38. The van der Waals surface area contributed by atoms with Crippen molar-refractivity contribution < 1.29 is 9.84 Å².